The van der Waals surface area contributed by atoms with Gasteiger partial charge in [-0.3, -0.25) is 5.10 Å². The maximum Gasteiger partial charge on any atom is 0.191 e. The maximum absolute atomic E-state index is 5.18. The lowest BCUT2D eigenvalue weighted by atomic mass is 10.1. The summed E-state index contributed by atoms with van der Waals surface area (Å²) < 4.78 is 5.18. The number of benzene rings is 2. The highest BCUT2D eigenvalue weighted by Gasteiger charge is 2.07. The number of ether oxygens (including phenoxy) is 1. The zero-order valence-corrected chi connectivity index (χ0v) is 16.5. The predicted octanol–water partition coefficient (Wildman–Crippen LogP) is 3.04. The summed E-state index contributed by atoms with van der Waals surface area (Å²) in [7, 11) is 1.65. The standard InChI is InChI=1S/C21H26N6O/c1-4-22-21(23-13-17-8-6-5-7-15(17)2)24-14-19-25-20(27-26-19)16-9-11-18(28-3)12-10-16/h5-12H,4,13-14H2,1-3H3,(H2,22,23,24)(H,25,26,27). The topological polar surface area (TPSA) is 87.2 Å². The van der Waals surface area contributed by atoms with Crippen molar-refractivity contribution in [1.29, 1.82) is 0 Å². The van der Waals surface area contributed by atoms with E-state index in [2.05, 4.69) is 49.9 Å². The fourth-order valence-corrected chi connectivity index (χ4v) is 2.70. The van der Waals surface area contributed by atoms with Gasteiger partial charge < -0.3 is 15.4 Å². The Hall–Kier alpha value is -3.35. The SMILES string of the molecule is CCNC(=NCc1ccccc1C)NCc1nc(-c2ccc(OC)cc2)n[nH]1. The Bertz CT molecular complexity index is 917. The van der Waals surface area contributed by atoms with Gasteiger partial charge in [0.15, 0.2) is 11.8 Å². The van der Waals surface area contributed by atoms with Gasteiger partial charge in [-0.25, -0.2) is 9.98 Å². The second kappa shape index (κ2) is 9.55. The Labute approximate surface area is 165 Å². The van der Waals surface area contributed by atoms with Crippen molar-refractivity contribution in [1.82, 2.24) is 25.8 Å². The van der Waals surface area contributed by atoms with E-state index in [4.69, 9.17) is 4.74 Å². The molecular weight excluding hydrogens is 352 g/mol. The van der Waals surface area contributed by atoms with Crippen molar-refractivity contribution in [3.63, 3.8) is 0 Å². The third kappa shape index (κ3) is 5.09. The van der Waals surface area contributed by atoms with E-state index >= 15 is 0 Å². The number of aliphatic imine (C=N–C) groups is 1. The molecule has 0 bridgehead atoms. The molecule has 7 nitrogen and oxygen atoms in total. The Balaban J connectivity index is 1.63. The van der Waals surface area contributed by atoms with E-state index in [9.17, 15) is 0 Å². The molecule has 0 unspecified atom stereocenters. The van der Waals surface area contributed by atoms with Gasteiger partial charge in [-0.2, -0.15) is 5.10 Å². The molecule has 0 aliphatic carbocycles. The van der Waals surface area contributed by atoms with E-state index in [1.165, 1.54) is 11.1 Å². The van der Waals surface area contributed by atoms with E-state index in [1.54, 1.807) is 7.11 Å². The summed E-state index contributed by atoms with van der Waals surface area (Å²) in [6.45, 7) is 6.05. The Morgan fingerprint density at radius 2 is 1.89 bits per heavy atom. The molecule has 3 aromatic rings. The molecule has 0 saturated carbocycles. The number of hydrogen-bond acceptors (Lipinski definition) is 4. The number of nitrogens with one attached hydrogen (secondary N) is 3. The van der Waals surface area contributed by atoms with Gasteiger partial charge in [-0.05, 0) is 49.2 Å². The highest BCUT2D eigenvalue weighted by molar-refractivity contribution is 5.79. The van der Waals surface area contributed by atoms with Crippen LogP contribution in [0.1, 0.15) is 23.9 Å². The minimum Gasteiger partial charge on any atom is -0.497 e. The minimum atomic E-state index is 0.503. The van der Waals surface area contributed by atoms with Crippen LogP contribution in [-0.2, 0) is 13.1 Å². The number of methoxy groups -OCH3 is 1. The van der Waals surface area contributed by atoms with E-state index < -0.39 is 0 Å². The number of H-pyrrole nitrogens is 1. The lowest BCUT2D eigenvalue weighted by molar-refractivity contribution is 0.415. The van der Waals surface area contributed by atoms with Gasteiger partial charge in [0.25, 0.3) is 0 Å². The molecule has 0 atom stereocenters. The first-order valence-electron chi connectivity index (χ1n) is 9.32. The van der Waals surface area contributed by atoms with Crippen LogP contribution >= 0.6 is 0 Å². The third-order valence-corrected chi connectivity index (χ3v) is 4.32. The molecule has 0 radical (unpaired) electrons. The van der Waals surface area contributed by atoms with Crippen LogP contribution in [0.4, 0.5) is 0 Å². The lowest BCUT2D eigenvalue weighted by Crippen LogP contribution is -2.37. The van der Waals surface area contributed by atoms with Gasteiger partial charge in [0.2, 0.25) is 0 Å². The first-order chi connectivity index (χ1) is 13.7. The third-order valence-electron chi connectivity index (χ3n) is 4.32. The monoisotopic (exact) mass is 378 g/mol. The molecule has 0 spiro atoms. The van der Waals surface area contributed by atoms with E-state index in [1.807, 2.05) is 43.3 Å². The number of aromatic nitrogens is 3. The molecule has 0 aliphatic rings. The number of guanidine groups is 1. The van der Waals surface area contributed by atoms with Crippen LogP contribution in [0.2, 0.25) is 0 Å². The summed E-state index contributed by atoms with van der Waals surface area (Å²) in [5, 5.41) is 13.8. The first kappa shape index (κ1) is 19.4. The smallest absolute Gasteiger partial charge is 0.191 e. The van der Waals surface area contributed by atoms with Crippen molar-refractivity contribution in [3.8, 4) is 17.1 Å². The number of aromatic amines is 1. The second-order valence-electron chi connectivity index (χ2n) is 6.31. The van der Waals surface area contributed by atoms with E-state index in [0.717, 1.165) is 29.6 Å². The van der Waals surface area contributed by atoms with Crippen LogP contribution < -0.4 is 15.4 Å². The van der Waals surface area contributed by atoms with Crippen molar-refractivity contribution >= 4 is 5.96 Å². The van der Waals surface area contributed by atoms with Crippen LogP contribution in [-0.4, -0.2) is 34.8 Å². The number of rotatable bonds is 7. The molecule has 0 amide bonds. The predicted molar refractivity (Wildman–Crippen MR) is 111 cm³/mol. The van der Waals surface area contributed by atoms with Crippen molar-refractivity contribution in [2.24, 2.45) is 4.99 Å². The molecule has 146 valence electrons. The maximum atomic E-state index is 5.18. The van der Waals surface area contributed by atoms with Crippen LogP contribution in [0, 0.1) is 6.92 Å². The van der Waals surface area contributed by atoms with Gasteiger partial charge in [0.1, 0.15) is 11.6 Å². The number of hydrogen-bond donors (Lipinski definition) is 3. The van der Waals surface area contributed by atoms with Crippen molar-refractivity contribution in [2.75, 3.05) is 13.7 Å². The molecule has 0 saturated heterocycles. The molecule has 2 aromatic carbocycles. The van der Waals surface area contributed by atoms with E-state index in [-0.39, 0.29) is 0 Å². The quantitative estimate of drug-likeness (QED) is 0.434. The number of nitrogens with zero attached hydrogens (tertiary/aromatic N) is 3. The summed E-state index contributed by atoms with van der Waals surface area (Å²) in [4.78, 5) is 9.21. The van der Waals surface area contributed by atoms with E-state index in [0.29, 0.717) is 18.9 Å². The largest absolute Gasteiger partial charge is 0.497 e. The summed E-state index contributed by atoms with van der Waals surface area (Å²) >= 11 is 0. The zero-order valence-electron chi connectivity index (χ0n) is 16.5. The molecule has 28 heavy (non-hydrogen) atoms. The van der Waals surface area contributed by atoms with Crippen LogP contribution in [0.15, 0.2) is 53.5 Å². The van der Waals surface area contributed by atoms with Crippen LogP contribution in [0.3, 0.4) is 0 Å². The van der Waals surface area contributed by atoms with Gasteiger partial charge in [0.05, 0.1) is 20.2 Å². The molecule has 3 rings (SSSR count). The molecule has 0 fully saturated rings. The zero-order chi connectivity index (χ0) is 19.8. The molecule has 1 heterocycles. The summed E-state index contributed by atoms with van der Waals surface area (Å²) in [6, 6.07) is 15.9. The normalized spacial score (nSPS) is 11.3. The van der Waals surface area contributed by atoms with Gasteiger partial charge in [0, 0.05) is 12.1 Å². The second-order valence-corrected chi connectivity index (χ2v) is 6.31. The molecular formula is C21H26N6O. The molecule has 1 aromatic heterocycles. The fourth-order valence-electron chi connectivity index (χ4n) is 2.70. The van der Waals surface area contributed by atoms with Gasteiger partial charge >= 0.3 is 0 Å². The van der Waals surface area contributed by atoms with Crippen LogP contribution in [0.5, 0.6) is 5.75 Å². The highest BCUT2D eigenvalue weighted by atomic mass is 16.5. The van der Waals surface area contributed by atoms with Crippen molar-refractivity contribution < 1.29 is 4.74 Å². The summed E-state index contributed by atoms with van der Waals surface area (Å²) in [5.74, 6) is 2.95. The average molecular weight is 378 g/mol. The van der Waals surface area contributed by atoms with Crippen molar-refractivity contribution in [3.05, 3.63) is 65.5 Å². The van der Waals surface area contributed by atoms with Gasteiger partial charge in [-0.1, -0.05) is 24.3 Å². The Morgan fingerprint density at radius 3 is 2.61 bits per heavy atom. The molecule has 0 aliphatic heterocycles. The fraction of sp³-hybridized carbons (Fsp3) is 0.286. The minimum absolute atomic E-state index is 0.503. The summed E-state index contributed by atoms with van der Waals surface area (Å²) in [5.41, 5.74) is 3.38. The first-order valence-corrected chi connectivity index (χ1v) is 9.32. The Kier molecular flexibility index (Phi) is 6.62. The Morgan fingerprint density at radius 1 is 1.11 bits per heavy atom. The summed E-state index contributed by atoms with van der Waals surface area (Å²) in [6.07, 6.45) is 0. The van der Waals surface area contributed by atoms with Crippen LogP contribution in [0.25, 0.3) is 11.4 Å². The highest BCUT2D eigenvalue weighted by Crippen LogP contribution is 2.18. The molecule has 7 heteroatoms. The van der Waals surface area contributed by atoms with Gasteiger partial charge in [-0.15, -0.1) is 0 Å². The van der Waals surface area contributed by atoms with Crippen molar-refractivity contribution in [2.45, 2.75) is 26.9 Å². The average Bonchev–Trinajstić information content (AvgIpc) is 3.20. The number of aryl methyl sites for hydroxylation is 1. The molecule has 3 N–H and O–H groups in total. The lowest BCUT2D eigenvalue weighted by Gasteiger charge is -2.10.